The molecule has 0 radical (unpaired) electrons. The minimum Gasteiger partial charge on any atom is -0.469 e. The summed E-state index contributed by atoms with van der Waals surface area (Å²) in [4.78, 5) is 29.4. The first-order valence-electron chi connectivity index (χ1n) is 9.64. The molecule has 0 unspecified atom stereocenters. The van der Waals surface area contributed by atoms with E-state index in [0.717, 1.165) is 19.3 Å². The topological polar surface area (TPSA) is 84.2 Å². The Morgan fingerprint density at radius 1 is 1.28 bits per heavy atom. The number of nitrogens with zero attached hydrogens (tertiary/aromatic N) is 1. The molecule has 1 aromatic carbocycles. The van der Waals surface area contributed by atoms with E-state index in [4.69, 9.17) is 4.42 Å². The van der Waals surface area contributed by atoms with Gasteiger partial charge in [0.05, 0.1) is 29.5 Å². The molecule has 0 aliphatic heterocycles. The number of aromatic nitrogens is 1. The maximum atomic E-state index is 12.7. The van der Waals surface area contributed by atoms with Crippen molar-refractivity contribution in [2.24, 2.45) is 0 Å². The van der Waals surface area contributed by atoms with E-state index >= 15 is 0 Å². The highest BCUT2D eigenvalue weighted by Gasteiger charge is 2.33. The van der Waals surface area contributed by atoms with E-state index in [-0.39, 0.29) is 23.8 Å². The Morgan fingerprint density at radius 2 is 2.10 bits per heavy atom. The van der Waals surface area contributed by atoms with Gasteiger partial charge in [-0.25, -0.2) is 4.98 Å². The van der Waals surface area contributed by atoms with Gasteiger partial charge in [0.25, 0.3) is 5.91 Å². The van der Waals surface area contributed by atoms with Crippen molar-refractivity contribution in [2.75, 3.05) is 5.32 Å². The Labute approximate surface area is 173 Å². The van der Waals surface area contributed by atoms with Crippen LogP contribution in [0.5, 0.6) is 0 Å². The van der Waals surface area contributed by atoms with E-state index < -0.39 is 0 Å². The molecule has 1 aliphatic rings. The molecular formula is C22H23N3O3S. The van der Waals surface area contributed by atoms with Crippen LogP contribution in [0.2, 0.25) is 0 Å². The van der Waals surface area contributed by atoms with Crippen molar-refractivity contribution >= 4 is 28.3 Å². The Bertz CT molecular complexity index is 1060. The van der Waals surface area contributed by atoms with E-state index in [1.165, 1.54) is 28.7 Å². The number of thiazole rings is 1. The van der Waals surface area contributed by atoms with E-state index in [9.17, 15) is 9.59 Å². The number of amides is 2. The highest BCUT2D eigenvalue weighted by molar-refractivity contribution is 7.14. The van der Waals surface area contributed by atoms with Crippen LogP contribution < -0.4 is 10.6 Å². The van der Waals surface area contributed by atoms with Gasteiger partial charge in [-0.2, -0.15) is 0 Å². The number of hydrogen-bond donors (Lipinski definition) is 2. The van der Waals surface area contributed by atoms with Crippen molar-refractivity contribution in [2.45, 2.75) is 45.1 Å². The summed E-state index contributed by atoms with van der Waals surface area (Å²) in [5, 5.41) is 8.23. The van der Waals surface area contributed by atoms with Crippen LogP contribution in [0.1, 0.15) is 52.7 Å². The molecule has 0 saturated carbocycles. The zero-order valence-corrected chi connectivity index (χ0v) is 17.3. The number of fused-ring (bicyclic) bond motifs is 1. The smallest absolute Gasteiger partial charge is 0.260 e. The molecule has 0 spiro atoms. The van der Waals surface area contributed by atoms with E-state index in [0.29, 0.717) is 22.1 Å². The molecule has 29 heavy (non-hydrogen) atoms. The number of nitrogens with one attached hydrogen (secondary N) is 2. The Morgan fingerprint density at radius 3 is 2.90 bits per heavy atom. The first-order chi connectivity index (χ1) is 13.9. The van der Waals surface area contributed by atoms with E-state index in [1.807, 2.05) is 12.1 Å². The van der Waals surface area contributed by atoms with Gasteiger partial charge in [0.2, 0.25) is 5.91 Å². The van der Waals surface area contributed by atoms with Gasteiger partial charge in [-0.05, 0) is 50.3 Å². The number of hydrogen-bond acceptors (Lipinski definition) is 5. The van der Waals surface area contributed by atoms with Crippen molar-refractivity contribution in [3.8, 4) is 0 Å². The van der Waals surface area contributed by atoms with E-state index in [2.05, 4.69) is 34.7 Å². The van der Waals surface area contributed by atoms with Gasteiger partial charge < -0.3 is 9.73 Å². The van der Waals surface area contributed by atoms with Gasteiger partial charge in [0.15, 0.2) is 5.13 Å². The third kappa shape index (κ3) is 4.10. The lowest BCUT2D eigenvalue weighted by Crippen LogP contribution is -2.46. The summed E-state index contributed by atoms with van der Waals surface area (Å²) >= 11 is 1.30. The van der Waals surface area contributed by atoms with Gasteiger partial charge in [-0.3, -0.25) is 14.9 Å². The summed E-state index contributed by atoms with van der Waals surface area (Å²) in [7, 11) is 0. The van der Waals surface area contributed by atoms with Crippen LogP contribution >= 0.6 is 11.3 Å². The zero-order chi connectivity index (χ0) is 20.4. The fraction of sp³-hybridized carbons (Fsp3) is 0.318. The van der Waals surface area contributed by atoms with Gasteiger partial charge in [0.1, 0.15) is 5.76 Å². The second kappa shape index (κ2) is 7.83. The van der Waals surface area contributed by atoms with Crippen LogP contribution in [0, 0.1) is 6.92 Å². The number of furan rings is 1. The summed E-state index contributed by atoms with van der Waals surface area (Å²) in [6, 6.07) is 9.92. The molecule has 3 aromatic rings. The minimum absolute atomic E-state index is 0.0712. The lowest BCUT2D eigenvalue weighted by Gasteiger charge is -2.36. The number of anilines is 1. The van der Waals surface area contributed by atoms with Crippen molar-refractivity contribution in [1.29, 1.82) is 0 Å². The van der Waals surface area contributed by atoms with Crippen LogP contribution in [0.3, 0.4) is 0 Å². The standard InChI is InChI=1S/C22H23N3O3S/c1-14-17(9-11-28-14)20(27)24-21-23-16(13-29-21)12-19(26)25-22(2)10-5-7-15-6-3-4-8-18(15)22/h3-4,6,8-9,11,13H,5,7,10,12H2,1-2H3,(H,25,26)(H,23,24,27)/t22-/m1/s1. The Kier molecular flexibility index (Phi) is 5.24. The number of rotatable bonds is 5. The fourth-order valence-corrected chi connectivity index (χ4v) is 4.63. The molecule has 7 heteroatoms. The van der Waals surface area contributed by atoms with Crippen LogP contribution in [-0.2, 0) is 23.2 Å². The van der Waals surface area contributed by atoms with Crippen LogP contribution in [0.15, 0.2) is 46.4 Å². The van der Waals surface area contributed by atoms with Crippen molar-refractivity contribution in [3.63, 3.8) is 0 Å². The molecule has 0 fully saturated rings. The molecule has 0 saturated heterocycles. The molecule has 2 heterocycles. The number of aryl methyl sites for hydroxylation is 2. The number of carbonyl (C=O) groups is 2. The zero-order valence-electron chi connectivity index (χ0n) is 16.5. The maximum Gasteiger partial charge on any atom is 0.260 e. The monoisotopic (exact) mass is 409 g/mol. The molecule has 150 valence electrons. The third-order valence-corrected chi connectivity index (χ3v) is 6.17. The van der Waals surface area contributed by atoms with Gasteiger partial charge in [-0.15, -0.1) is 11.3 Å². The molecule has 6 nitrogen and oxygen atoms in total. The molecule has 2 aromatic heterocycles. The molecule has 2 amide bonds. The van der Waals surface area contributed by atoms with Gasteiger partial charge >= 0.3 is 0 Å². The lowest BCUT2D eigenvalue weighted by atomic mass is 9.77. The molecule has 1 aliphatic carbocycles. The number of benzene rings is 1. The van der Waals surface area contributed by atoms with Crippen LogP contribution in [-0.4, -0.2) is 16.8 Å². The van der Waals surface area contributed by atoms with E-state index in [1.54, 1.807) is 18.4 Å². The normalized spacial score (nSPS) is 18.1. The summed E-state index contributed by atoms with van der Waals surface area (Å²) in [6.07, 6.45) is 4.67. The third-order valence-electron chi connectivity index (χ3n) is 5.37. The van der Waals surface area contributed by atoms with Crippen LogP contribution in [0.4, 0.5) is 5.13 Å². The molecule has 0 bridgehead atoms. The maximum absolute atomic E-state index is 12.7. The SMILES string of the molecule is Cc1occc1C(=O)Nc1nc(CC(=O)N[C@]2(C)CCCc3ccccc32)cs1. The Balaban J connectivity index is 1.40. The summed E-state index contributed by atoms with van der Waals surface area (Å²) in [5.74, 6) is 0.214. The lowest BCUT2D eigenvalue weighted by molar-refractivity contribution is -0.122. The molecular weight excluding hydrogens is 386 g/mol. The minimum atomic E-state index is -0.363. The quantitative estimate of drug-likeness (QED) is 0.661. The predicted molar refractivity (Wildman–Crippen MR) is 112 cm³/mol. The first kappa shape index (κ1) is 19.4. The molecule has 2 N–H and O–H groups in total. The molecule has 4 rings (SSSR count). The Hall–Kier alpha value is -2.93. The highest BCUT2D eigenvalue weighted by Crippen LogP contribution is 2.35. The summed E-state index contributed by atoms with van der Waals surface area (Å²) in [5.41, 5.74) is 3.25. The highest BCUT2D eigenvalue weighted by atomic mass is 32.1. The largest absolute Gasteiger partial charge is 0.469 e. The van der Waals surface area contributed by atoms with Gasteiger partial charge in [-0.1, -0.05) is 24.3 Å². The predicted octanol–water partition coefficient (Wildman–Crippen LogP) is 4.21. The average Bonchev–Trinajstić information content (AvgIpc) is 3.30. The average molecular weight is 410 g/mol. The second-order valence-electron chi connectivity index (χ2n) is 7.56. The van der Waals surface area contributed by atoms with Crippen molar-refractivity contribution in [3.05, 3.63) is 70.1 Å². The first-order valence-corrected chi connectivity index (χ1v) is 10.5. The van der Waals surface area contributed by atoms with Crippen molar-refractivity contribution < 1.29 is 14.0 Å². The summed E-state index contributed by atoms with van der Waals surface area (Å²) < 4.78 is 5.16. The second-order valence-corrected chi connectivity index (χ2v) is 8.41. The molecule has 1 atom stereocenters. The summed E-state index contributed by atoms with van der Waals surface area (Å²) in [6.45, 7) is 3.82. The van der Waals surface area contributed by atoms with Gasteiger partial charge in [0, 0.05) is 5.38 Å². The van der Waals surface area contributed by atoms with Crippen molar-refractivity contribution in [1.82, 2.24) is 10.3 Å². The number of carbonyl (C=O) groups excluding carboxylic acids is 2. The fourth-order valence-electron chi connectivity index (χ4n) is 3.92. The van der Waals surface area contributed by atoms with Crippen LogP contribution in [0.25, 0.3) is 0 Å².